The Morgan fingerprint density at radius 1 is 1.32 bits per heavy atom. The second-order valence-electron chi connectivity index (χ2n) is 5.71. The van der Waals surface area contributed by atoms with Gasteiger partial charge in [0.2, 0.25) is 0 Å². The van der Waals surface area contributed by atoms with Crippen LogP contribution in [-0.4, -0.2) is 15.7 Å². The quantitative estimate of drug-likeness (QED) is 0.840. The molecule has 0 saturated heterocycles. The number of benzene rings is 1. The number of nitrogens with zero attached hydrogens (tertiary/aromatic N) is 3. The summed E-state index contributed by atoms with van der Waals surface area (Å²) in [6.45, 7) is 0.418. The topological polar surface area (TPSA) is 50.8 Å². The molecule has 1 aliphatic rings. The molecule has 2 aromatic rings. The van der Waals surface area contributed by atoms with Crippen molar-refractivity contribution in [2.45, 2.75) is 43.9 Å². The van der Waals surface area contributed by atoms with Gasteiger partial charge in [0.25, 0.3) is 0 Å². The molecule has 0 amide bonds. The van der Waals surface area contributed by atoms with Gasteiger partial charge in [0.15, 0.2) is 5.60 Å². The predicted octanol–water partition coefficient (Wildman–Crippen LogP) is 3.91. The van der Waals surface area contributed by atoms with Crippen molar-refractivity contribution in [2.75, 3.05) is 0 Å². The highest BCUT2D eigenvalue weighted by Gasteiger charge is 2.37. The fraction of sp³-hybridized carbons (Fsp3) is 0.412. The van der Waals surface area contributed by atoms with Gasteiger partial charge in [-0.3, -0.25) is 0 Å². The number of hydrogen-bond acceptors (Lipinski definition) is 3. The smallest absolute Gasteiger partial charge is 0.197 e. The third-order valence-electron chi connectivity index (χ3n) is 4.13. The van der Waals surface area contributed by atoms with Crippen LogP contribution >= 0.6 is 11.6 Å². The Morgan fingerprint density at radius 2 is 2.05 bits per heavy atom. The molecule has 1 unspecified atom stereocenters. The van der Waals surface area contributed by atoms with Gasteiger partial charge < -0.3 is 9.30 Å². The summed E-state index contributed by atoms with van der Waals surface area (Å²) in [5.74, 6) is 0. The maximum Gasteiger partial charge on any atom is 0.197 e. The van der Waals surface area contributed by atoms with Crippen LogP contribution in [0.1, 0.15) is 31.2 Å². The Hall–Kier alpha value is -1.83. The first-order valence-corrected chi connectivity index (χ1v) is 7.90. The Labute approximate surface area is 135 Å². The van der Waals surface area contributed by atoms with Gasteiger partial charge in [0.1, 0.15) is 6.07 Å². The van der Waals surface area contributed by atoms with Crippen LogP contribution in [0.15, 0.2) is 43.0 Å². The summed E-state index contributed by atoms with van der Waals surface area (Å²) in [5.41, 5.74) is -0.180. The molecule has 0 bridgehead atoms. The maximum absolute atomic E-state index is 9.92. The number of nitriles is 1. The van der Waals surface area contributed by atoms with Crippen LogP contribution in [-0.2, 0) is 16.9 Å². The molecule has 1 atom stereocenters. The average Bonchev–Trinajstić information content (AvgIpc) is 3.21. The fourth-order valence-corrected chi connectivity index (χ4v) is 3.10. The number of imidazole rings is 1. The predicted molar refractivity (Wildman–Crippen MR) is 84.3 cm³/mol. The van der Waals surface area contributed by atoms with E-state index in [0.29, 0.717) is 11.6 Å². The molecule has 1 fully saturated rings. The minimum Gasteiger partial charge on any atom is -0.351 e. The van der Waals surface area contributed by atoms with Crippen LogP contribution in [0.4, 0.5) is 0 Å². The van der Waals surface area contributed by atoms with Crippen LogP contribution in [0.3, 0.4) is 0 Å². The second-order valence-corrected chi connectivity index (χ2v) is 6.14. The van der Waals surface area contributed by atoms with Crippen LogP contribution in [0, 0.1) is 11.3 Å². The van der Waals surface area contributed by atoms with Crippen molar-refractivity contribution in [1.82, 2.24) is 9.55 Å². The molecule has 0 aliphatic heterocycles. The molecule has 0 radical (unpaired) electrons. The van der Waals surface area contributed by atoms with Gasteiger partial charge in [-0.25, -0.2) is 4.98 Å². The van der Waals surface area contributed by atoms with Gasteiger partial charge in [-0.05, 0) is 25.0 Å². The Bertz CT molecular complexity index is 642. The monoisotopic (exact) mass is 315 g/mol. The fourth-order valence-electron chi connectivity index (χ4n) is 2.97. The molecule has 0 N–H and O–H groups in total. The Kier molecular flexibility index (Phi) is 4.47. The largest absolute Gasteiger partial charge is 0.351 e. The molecule has 4 nitrogen and oxygen atoms in total. The van der Waals surface area contributed by atoms with Crippen LogP contribution in [0.2, 0.25) is 5.02 Å². The van der Waals surface area contributed by atoms with E-state index in [1.807, 2.05) is 22.9 Å². The molecule has 1 heterocycles. The zero-order valence-electron chi connectivity index (χ0n) is 12.3. The molecular weight excluding hydrogens is 298 g/mol. The molecule has 1 aliphatic carbocycles. The highest BCUT2D eigenvalue weighted by molar-refractivity contribution is 6.30. The van der Waals surface area contributed by atoms with Crippen molar-refractivity contribution < 1.29 is 4.74 Å². The Balaban J connectivity index is 1.94. The lowest BCUT2D eigenvalue weighted by molar-refractivity contribution is -0.0691. The van der Waals surface area contributed by atoms with Crippen molar-refractivity contribution >= 4 is 11.6 Å². The van der Waals surface area contributed by atoms with Crippen LogP contribution in [0.5, 0.6) is 0 Å². The zero-order valence-corrected chi connectivity index (χ0v) is 13.0. The van der Waals surface area contributed by atoms with Crippen molar-refractivity contribution in [3.63, 3.8) is 0 Å². The number of hydrogen-bond donors (Lipinski definition) is 0. The maximum atomic E-state index is 9.92. The SMILES string of the molecule is N#CC(Cn1ccnc1)(OC1CCCC1)c1ccc(Cl)cc1. The van der Waals surface area contributed by atoms with Crippen LogP contribution in [0.25, 0.3) is 0 Å². The lowest BCUT2D eigenvalue weighted by atomic mass is 9.94. The minimum absolute atomic E-state index is 0.138. The molecule has 1 aromatic heterocycles. The highest BCUT2D eigenvalue weighted by atomic mass is 35.5. The number of ether oxygens (including phenoxy) is 1. The van der Waals surface area contributed by atoms with Gasteiger partial charge in [0.05, 0.1) is 19.0 Å². The number of aromatic nitrogens is 2. The lowest BCUT2D eigenvalue weighted by Crippen LogP contribution is -2.36. The molecular formula is C17H18ClN3O. The summed E-state index contributed by atoms with van der Waals surface area (Å²) >= 11 is 5.98. The number of rotatable bonds is 5. The summed E-state index contributed by atoms with van der Waals surface area (Å²) in [6, 6.07) is 9.75. The summed E-state index contributed by atoms with van der Waals surface area (Å²) in [7, 11) is 0. The molecule has 3 rings (SSSR count). The third-order valence-corrected chi connectivity index (χ3v) is 4.38. The van der Waals surface area contributed by atoms with Crippen molar-refractivity contribution in [2.24, 2.45) is 0 Å². The van der Waals surface area contributed by atoms with E-state index in [9.17, 15) is 5.26 Å². The zero-order chi connectivity index (χ0) is 15.4. The highest BCUT2D eigenvalue weighted by Crippen LogP contribution is 2.34. The summed E-state index contributed by atoms with van der Waals surface area (Å²) in [6.07, 6.45) is 9.76. The third kappa shape index (κ3) is 3.16. The van der Waals surface area contributed by atoms with E-state index >= 15 is 0 Å². The lowest BCUT2D eigenvalue weighted by Gasteiger charge is -2.31. The van der Waals surface area contributed by atoms with E-state index in [1.54, 1.807) is 24.7 Å². The second kappa shape index (κ2) is 6.51. The molecule has 1 saturated carbocycles. The van der Waals surface area contributed by atoms with Gasteiger partial charge in [-0.1, -0.05) is 36.6 Å². The van der Waals surface area contributed by atoms with Gasteiger partial charge in [0, 0.05) is 23.0 Å². The minimum atomic E-state index is -1.01. The molecule has 0 spiro atoms. The van der Waals surface area contributed by atoms with E-state index in [-0.39, 0.29) is 6.10 Å². The van der Waals surface area contributed by atoms with Gasteiger partial charge in [-0.2, -0.15) is 5.26 Å². The van der Waals surface area contributed by atoms with E-state index in [1.165, 1.54) is 0 Å². The van der Waals surface area contributed by atoms with Gasteiger partial charge >= 0.3 is 0 Å². The molecule has 1 aromatic carbocycles. The normalized spacial score (nSPS) is 18.0. The first-order valence-electron chi connectivity index (χ1n) is 7.53. The van der Waals surface area contributed by atoms with Crippen molar-refractivity contribution in [1.29, 1.82) is 5.26 Å². The van der Waals surface area contributed by atoms with E-state index in [0.717, 1.165) is 31.2 Å². The van der Waals surface area contributed by atoms with Gasteiger partial charge in [-0.15, -0.1) is 0 Å². The van der Waals surface area contributed by atoms with E-state index in [2.05, 4.69) is 11.1 Å². The Morgan fingerprint density at radius 3 is 2.64 bits per heavy atom. The molecule has 5 heteroatoms. The summed E-state index contributed by atoms with van der Waals surface area (Å²) in [4.78, 5) is 4.06. The number of halogens is 1. The van der Waals surface area contributed by atoms with E-state index in [4.69, 9.17) is 16.3 Å². The standard InChI is InChI=1S/C17H18ClN3O/c18-15-7-5-14(6-8-15)17(11-19,12-21-10-9-20-13-21)22-16-3-1-2-4-16/h5-10,13,16H,1-4,12H2. The average molecular weight is 316 g/mol. The first-order chi connectivity index (χ1) is 10.7. The first kappa shape index (κ1) is 15.1. The van der Waals surface area contributed by atoms with Crippen molar-refractivity contribution in [3.8, 4) is 6.07 Å². The molecule has 22 heavy (non-hydrogen) atoms. The van der Waals surface area contributed by atoms with Crippen molar-refractivity contribution in [3.05, 3.63) is 53.6 Å². The van der Waals surface area contributed by atoms with Crippen LogP contribution < -0.4 is 0 Å². The summed E-state index contributed by atoms with van der Waals surface area (Å²) < 4.78 is 8.18. The summed E-state index contributed by atoms with van der Waals surface area (Å²) in [5, 5.41) is 10.6. The van der Waals surface area contributed by atoms with E-state index < -0.39 is 5.60 Å². The molecule has 114 valence electrons.